The Morgan fingerprint density at radius 2 is 1.96 bits per heavy atom. The van der Waals surface area contributed by atoms with Crippen molar-refractivity contribution in [3.63, 3.8) is 0 Å². The maximum atomic E-state index is 12.1. The van der Waals surface area contributed by atoms with Gasteiger partial charge in [0.15, 0.2) is 0 Å². The monoisotopic (exact) mass is 377 g/mol. The Labute approximate surface area is 157 Å². The Morgan fingerprint density at radius 1 is 1.23 bits per heavy atom. The Morgan fingerprint density at radius 3 is 2.69 bits per heavy atom. The summed E-state index contributed by atoms with van der Waals surface area (Å²) in [5, 5.41) is 20.4. The second-order valence-electron chi connectivity index (χ2n) is 6.50. The molecule has 8 heteroatoms. The zero-order valence-corrected chi connectivity index (χ0v) is 15.3. The average molecular weight is 378 g/mol. The number of halogens is 1. The third-order valence-electron chi connectivity index (χ3n) is 4.37. The Balaban J connectivity index is 1.47. The number of amides is 2. The van der Waals surface area contributed by atoms with Crippen LogP contribution in [0.1, 0.15) is 18.4 Å². The molecule has 1 fully saturated rings. The molecule has 2 heterocycles. The van der Waals surface area contributed by atoms with Crippen molar-refractivity contribution >= 4 is 23.4 Å². The van der Waals surface area contributed by atoms with Gasteiger partial charge in [0.1, 0.15) is 5.82 Å². The van der Waals surface area contributed by atoms with Crippen LogP contribution < -0.4 is 10.6 Å². The second-order valence-corrected chi connectivity index (χ2v) is 6.93. The molecule has 0 radical (unpaired) electrons. The van der Waals surface area contributed by atoms with Gasteiger partial charge >= 0.3 is 6.03 Å². The number of urea groups is 1. The molecule has 1 aliphatic rings. The number of aliphatic hydroxyl groups excluding tert-OH is 1. The highest BCUT2D eigenvalue weighted by Crippen LogP contribution is 2.13. The summed E-state index contributed by atoms with van der Waals surface area (Å²) < 4.78 is 1.70. The number of aliphatic hydroxyl groups is 1. The lowest BCUT2D eigenvalue weighted by Gasteiger charge is -2.19. The van der Waals surface area contributed by atoms with E-state index < -0.39 is 6.10 Å². The lowest BCUT2D eigenvalue weighted by Crippen LogP contribution is -2.40. The Hall–Kier alpha value is -2.09. The van der Waals surface area contributed by atoms with Crippen LogP contribution in [0.25, 0.3) is 0 Å². The quantitative estimate of drug-likeness (QED) is 0.690. The molecule has 2 aromatic rings. The first-order valence-corrected chi connectivity index (χ1v) is 9.19. The molecule has 0 spiro atoms. The fourth-order valence-corrected chi connectivity index (χ4v) is 3.15. The van der Waals surface area contributed by atoms with Crippen LogP contribution in [0.5, 0.6) is 0 Å². The van der Waals surface area contributed by atoms with E-state index in [2.05, 4.69) is 20.6 Å². The number of hydrogen-bond acceptors (Lipinski definition) is 4. The van der Waals surface area contributed by atoms with Crippen LogP contribution in [0, 0.1) is 0 Å². The number of carbonyl (C=O) groups excluding carboxylic acids is 1. The minimum Gasteiger partial charge on any atom is -0.390 e. The normalized spacial score (nSPS) is 15.8. The van der Waals surface area contributed by atoms with Crippen LogP contribution in [0.15, 0.2) is 36.5 Å². The highest BCUT2D eigenvalue weighted by Gasteiger charge is 2.16. The number of hydrogen-bond donors (Lipinski definition) is 3. The highest BCUT2D eigenvalue weighted by atomic mass is 35.5. The molecular weight excluding hydrogens is 354 g/mol. The molecule has 2 amide bonds. The number of β-amino-alcohol motifs (C(OH)–C–C–N with tert-alkyl or cyclic N) is 1. The van der Waals surface area contributed by atoms with Gasteiger partial charge in [-0.2, -0.15) is 5.10 Å². The van der Waals surface area contributed by atoms with E-state index in [0.717, 1.165) is 18.7 Å². The predicted octanol–water partition coefficient (Wildman–Crippen LogP) is 2.16. The van der Waals surface area contributed by atoms with Gasteiger partial charge in [-0.05, 0) is 43.6 Å². The van der Waals surface area contributed by atoms with E-state index in [4.69, 9.17) is 11.6 Å². The number of aromatic nitrogens is 2. The van der Waals surface area contributed by atoms with Crippen molar-refractivity contribution in [1.29, 1.82) is 0 Å². The van der Waals surface area contributed by atoms with Gasteiger partial charge in [0.05, 0.1) is 18.8 Å². The van der Waals surface area contributed by atoms with Crippen LogP contribution in [-0.4, -0.2) is 58.1 Å². The molecule has 1 aromatic heterocycles. The van der Waals surface area contributed by atoms with E-state index in [0.29, 0.717) is 23.9 Å². The Bertz CT molecular complexity index is 713. The summed E-state index contributed by atoms with van der Waals surface area (Å²) in [7, 11) is 0. The summed E-state index contributed by atoms with van der Waals surface area (Å²) in [6, 6.07) is 8.86. The SMILES string of the molecule is O=C(NC[C@@H](O)CN1CCCC1)Nc1ccnn1Cc1ccc(Cl)cc1. The summed E-state index contributed by atoms with van der Waals surface area (Å²) in [6.45, 7) is 3.38. The minimum atomic E-state index is -0.571. The van der Waals surface area contributed by atoms with E-state index in [9.17, 15) is 9.90 Å². The number of nitrogens with one attached hydrogen (secondary N) is 2. The third-order valence-corrected chi connectivity index (χ3v) is 4.62. The molecule has 140 valence electrons. The van der Waals surface area contributed by atoms with Crippen molar-refractivity contribution in [1.82, 2.24) is 20.0 Å². The lowest BCUT2D eigenvalue weighted by atomic mass is 10.2. The number of rotatable bonds is 7. The topological polar surface area (TPSA) is 82.4 Å². The zero-order chi connectivity index (χ0) is 18.4. The molecule has 0 aliphatic carbocycles. The van der Waals surface area contributed by atoms with Gasteiger partial charge in [0, 0.05) is 24.2 Å². The van der Waals surface area contributed by atoms with Gasteiger partial charge in [-0.3, -0.25) is 5.32 Å². The number of benzene rings is 1. The summed E-state index contributed by atoms with van der Waals surface area (Å²) in [5.74, 6) is 0.589. The molecule has 7 nitrogen and oxygen atoms in total. The zero-order valence-electron chi connectivity index (χ0n) is 14.6. The second kappa shape index (κ2) is 9.02. The first-order valence-electron chi connectivity index (χ1n) is 8.82. The first kappa shape index (κ1) is 18.7. The van der Waals surface area contributed by atoms with Crippen LogP contribution >= 0.6 is 11.6 Å². The molecule has 3 rings (SSSR count). The van der Waals surface area contributed by atoms with E-state index in [1.165, 1.54) is 12.8 Å². The molecule has 3 N–H and O–H groups in total. The molecule has 1 saturated heterocycles. The first-order chi connectivity index (χ1) is 12.6. The highest BCUT2D eigenvalue weighted by molar-refractivity contribution is 6.30. The molecule has 0 unspecified atom stereocenters. The minimum absolute atomic E-state index is 0.216. The molecule has 26 heavy (non-hydrogen) atoms. The smallest absolute Gasteiger partial charge is 0.320 e. The number of carbonyl (C=O) groups is 1. The van der Waals surface area contributed by atoms with Gasteiger partial charge in [-0.15, -0.1) is 0 Å². The van der Waals surface area contributed by atoms with Crippen molar-refractivity contribution in [2.75, 3.05) is 31.5 Å². The predicted molar refractivity (Wildman–Crippen MR) is 101 cm³/mol. The van der Waals surface area contributed by atoms with Crippen molar-refractivity contribution in [3.8, 4) is 0 Å². The maximum absolute atomic E-state index is 12.1. The van der Waals surface area contributed by atoms with E-state index in [-0.39, 0.29) is 12.6 Å². The fourth-order valence-electron chi connectivity index (χ4n) is 3.03. The molecule has 0 saturated carbocycles. The van der Waals surface area contributed by atoms with Crippen LogP contribution in [-0.2, 0) is 6.54 Å². The molecular formula is C18H24ClN5O2. The molecule has 0 bridgehead atoms. The lowest BCUT2D eigenvalue weighted by molar-refractivity contribution is 0.125. The number of nitrogens with zero attached hydrogens (tertiary/aromatic N) is 3. The van der Waals surface area contributed by atoms with Gasteiger partial charge < -0.3 is 15.3 Å². The number of likely N-dealkylation sites (tertiary alicyclic amines) is 1. The standard InChI is InChI=1S/C18H24ClN5O2/c19-15-5-3-14(4-6-15)12-24-17(7-8-21-24)22-18(26)20-11-16(25)13-23-9-1-2-10-23/h3-8,16,25H,1-2,9-13H2,(H2,20,22,26)/t16-/m1/s1. The van der Waals surface area contributed by atoms with Crippen molar-refractivity contribution in [2.24, 2.45) is 0 Å². The molecule has 1 aromatic carbocycles. The number of anilines is 1. The van der Waals surface area contributed by atoms with Gasteiger partial charge in [0.25, 0.3) is 0 Å². The van der Waals surface area contributed by atoms with Crippen molar-refractivity contribution in [2.45, 2.75) is 25.5 Å². The molecule has 1 atom stereocenters. The van der Waals surface area contributed by atoms with E-state index >= 15 is 0 Å². The van der Waals surface area contributed by atoms with Gasteiger partial charge in [-0.25, -0.2) is 9.48 Å². The van der Waals surface area contributed by atoms with E-state index in [1.807, 2.05) is 24.3 Å². The summed E-state index contributed by atoms with van der Waals surface area (Å²) >= 11 is 5.90. The fraction of sp³-hybridized carbons (Fsp3) is 0.444. The summed E-state index contributed by atoms with van der Waals surface area (Å²) in [5.41, 5.74) is 1.03. The maximum Gasteiger partial charge on any atom is 0.320 e. The van der Waals surface area contributed by atoms with Crippen LogP contribution in [0.3, 0.4) is 0 Å². The largest absolute Gasteiger partial charge is 0.390 e. The molecule has 1 aliphatic heterocycles. The van der Waals surface area contributed by atoms with Gasteiger partial charge in [0.2, 0.25) is 0 Å². The van der Waals surface area contributed by atoms with Crippen LogP contribution in [0.4, 0.5) is 10.6 Å². The Kier molecular flexibility index (Phi) is 6.49. The van der Waals surface area contributed by atoms with Crippen LogP contribution in [0.2, 0.25) is 5.02 Å². The van der Waals surface area contributed by atoms with Gasteiger partial charge in [-0.1, -0.05) is 23.7 Å². The average Bonchev–Trinajstić information content (AvgIpc) is 3.28. The van der Waals surface area contributed by atoms with E-state index in [1.54, 1.807) is 16.9 Å². The summed E-state index contributed by atoms with van der Waals surface area (Å²) in [6.07, 6.45) is 3.42. The third kappa shape index (κ3) is 5.45. The van der Waals surface area contributed by atoms with Crippen molar-refractivity contribution < 1.29 is 9.90 Å². The van der Waals surface area contributed by atoms with Crippen molar-refractivity contribution in [3.05, 3.63) is 47.1 Å². The summed E-state index contributed by atoms with van der Waals surface area (Å²) in [4.78, 5) is 14.3.